The van der Waals surface area contributed by atoms with Gasteiger partial charge in [-0.15, -0.1) is 0 Å². The maximum absolute atomic E-state index is 13.8. The van der Waals surface area contributed by atoms with Gasteiger partial charge in [-0.2, -0.15) is 13.2 Å². The Hall–Kier alpha value is -3.56. The zero-order valence-corrected chi connectivity index (χ0v) is 25.2. The number of fused-ring (bicyclic) bond motifs is 1. The molecular formula is C33H40F3N5O. The smallest absolute Gasteiger partial charge is 0.370 e. The normalized spacial score (nSPS) is 13.1. The van der Waals surface area contributed by atoms with Crippen molar-refractivity contribution in [1.82, 2.24) is 19.9 Å². The lowest BCUT2D eigenvalue weighted by atomic mass is 9.87. The lowest BCUT2D eigenvalue weighted by molar-refractivity contribution is -0.137. The predicted octanol–water partition coefficient (Wildman–Crippen LogP) is 8.39. The summed E-state index contributed by atoms with van der Waals surface area (Å²) in [6.07, 6.45) is -2.32. The molecule has 6 nitrogen and oxygen atoms in total. The molecule has 0 saturated heterocycles. The van der Waals surface area contributed by atoms with E-state index < -0.39 is 11.7 Å². The monoisotopic (exact) mass is 579 g/mol. The Labute approximate surface area is 246 Å². The zero-order valence-electron chi connectivity index (χ0n) is 25.2. The maximum Gasteiger partial charge on any atom is 0.418 e. The summed E-state index contributed by atoms with van der Waals surface area (Å²) in [5.41, 5.74) is 1.97. The molecule has 2 heterocycles. The highest BCUT2D eigenvalue weighted by Crippen LogP contribution is 2.37. The Balaban J connectivity index is 1.69. The lowest BCUT2D eigenvalue weighted by Crippen LogP contribution is -2.27. The fourth-order valence-corrected chi connectivity index (χ4v) is 4.74. The van der Waals surface area contributed by atoms with E-state index in [0.29, 0.717) is 28.1 Å². The average molecular weight is 580 g/mol. The van der Waals surface area contributed by atoms with Gasteiger partial charge in [-0.05, 0) is 73.8 Å². The van der Waals surface area contributed by atoms with Crippen LogP contribution in [0.2, 0.25) is 0 Å². The maximum atomic E-state index is 13.8. The SMILES string of the molecule is CCN(CC)CC[C@@H](C)OCc1nc(Nc2ccc(C(C)(C)C)cc2)c2ccc(-c3ncccc3C(F)(F)F)cc2n1. The quantitative estimate of drug-likeness (QED) is 0.193. The first-order chi connectivity index (χ1) is 19.9. The van der Waals surface area contributed by atoms with Crippen LogP contribution in [0.5, 0.6) is 0 Å². The van der Waals surface area contributed by atoms with E-state index in [4.69, 9.17) is 14.7 Å². The van der Waals surface area contributed by atoms with Gasteiger partial charge in [0.1, 0.15) is 12.4 Å². The van der Waals surface area contributed by atoms with Gasteiger partial charge in [0.05, 0.1) is 22.9 Å². The van der Waals surface area contributed by atoms with E-state index >= 15 is 0 Å². The summed E-state index contributed by atoms with van der Waals surface area (Å²) in [5.74, 6) is 1.00. The molecule has 0 bridgehead atoms. The summed E-state index contributed by atoms with van der Waals surface area (Å²) in [5, 5.41) is 4.08. The van der Waals surface area contributed by atoms with Crippen molar-refractivity contribution in [3.05, 3.63) is 77.7 Å². The van der Waals surface area contributed by atoms with Crippen molar-refractivity contribution in [2.75, 3.05) is 25.0 Å². The summed E-state index contributed by atoms with van der Waals surface area (Å²) in [6, 6.07) is 15.5. The van der Waals surface area contributed by atoms with E-state index in [1.807, 2.05) is 19.1 Å². The lowest BCUT2D eigenvalue weighted by Gasteiger charge is -2.21. The van der Waals surface area contributed by atoms with Gasteiger partial charge in [0.2, 0.25) is 0 Å². The standard InChI is InChI=1S/C33H40F3N5O/c1-7-41(8-2)19-17-22(3)42-21-29-39-28-20-23(30-27(33(34,35)36)10-9-18-37-30)11-16-26(28)31(40-29)38-25-14-12-24(13-15-25)32(4,5)6/h9-16,18,20,22H,7-8,17,19,21H2,1-6H3,(H,38,39,40)/t22-/m1/s1. The number of nitrogens with one attached hydrogen (secondary N) is 1. The molecule has 1 atom stereocenters. The molecule has 0 fully saturated rings. The van der Waals surface area contributed by atoms with Crippen LogP contribution < -0.4 is 5.32 Å². The van der Waals surface area contributed by atoms with Gasteiger partial charge in [-0.1, -0.05) is 52.8 Å². The van der Waals surface area contributed by atoms with Crippen LogP contribution in [0.15, 0.2) is 60.8 Å². The molecule has 2 aromatic heterocycles. The summed E-state index contributed by atoms with van der Waals surface area (Å²) in [4.78, 5) is 15.9. The van der Waals surface area contributed by atoms with E-state index in [1.54, 1.807) is 18.2 Å². The number of halogens is 3. The minimum atomic E-state index is -4.53. The fraction of sp³-hybridized carbons (Fsp3) is 0.424. The second kappa shape index (κ2) is 13.2. The Morgan fingerprint density at radius 3 is 2.31 bits per heavy atom. The van der Waals surface area contributed by atoms with Crippen LogP contribution in [0.1, 0.15) is 64.9 Å². The van der Waals surface area contributed by atoms with E-state index in [1.165, 1.54) is 17.8 Å². The number of anilines is 2. The summed E-state index contributed by atoms with van der Waals surface area (Å²) < 4.78 is 47.4. The molecule has 0 radical (unpaired) electrons. The molecule has 9 heteroatoms. The third-order valence-electron chi connectivity index (χ3n) is 7.39. The first-order valence-electron chi connectivity index (χ1n) is 14.4. The number of hydrogen-bond donors (Lipinski definition) is 1. The summed E-state index contributed by atoms with van der Waals surface area (Å²) >= 11 is 0. The van der Waals surface area contributed by atoms with E-state index in [9.17, 15) is 13.2 Å². The van der Waals surface area contributed by atoms with Crippen molar-refractivity contribution < 1.29 is 17.9 Å². The van der Waals surface area contributed by atoms with Gasteiger partial charge in [-0.25, -0.2) is 9.97 Å². The molecule has 0 aliphatic carbocycles. The van der Waals surface area contributed by atoms with Crippen LogP contribution in [-0.2, 0) is 22.9 Å². The first kappa shape index (κ1) is 31.4. The third-order valence-corrected chi connectivity index (χ3v) is 7.39. The van der Waals surface area contributed by atoms with Crippen LogP contribution in [0, 0.1) is 0 Å². The number of benzene rings is 2. The number of pyridine rings is 1. The van der Waals surface area contributed by atoms with Gasteiger partial charge >= 0.3 is 6.18 Å². The van der Waals surface area contributed by atoms with E-state index in [2.05, 4.69) is 62.0 Å². The molecule has 0 amide bonds. The van der Waals surface area contributed by atoms with Crippen molar-refractivity contribution >= 4 is 22.4 Å². The highest BCUT2D eigenvalue weighted by molar-refractivity contribution is 5.93. The van der Waals surface area contributed by atoms with Crippen molar-refractivity contribution in [3.8, 4) is 11.3 Å². The third kappa shape index (κ3) is 7.83. The number of rotatable bonds is 11. The average Bonchev–Trinajstić information content (AvgIpc) is 2.95. The summed E-state index contributed by atoms with van der Waals surface area (Å²) in [7, 11) is 0. The van der Waals surface area contributed by atoms with Crippen LogP contribution >= 0.6 is 0 Å². The van der Waals surface area contributed by atoms with Crippen molar-refractivity contribution in [2.45, 2.75) is 72.3 Å². The number of ether oxygens (including phenoxy) is 1. The van der Waals surface area contributed by atoms with Gasteiger partial charge in [0.15, 0.2) is 5.82 Å². The molecule has 0 aliphatic rings. The molecule has 4 rings (SSSR count). The Bertz CT molecular complexity index is 1480. The Morgan fingerprint density at radius 2 is 1.67 bits per heavy atom. The highest BCUT2D eigenvalue weighted by Gasteiger charge is 2.34. The highest BCUT2D eigenvalue weighted by atomic mass is 19.4. The predicted molar refractivity (Wildman–Crippen MR) is 163 cm³/mol. The van der Waals surface area contributed by atoms with Crippen LogP contribution in [0.25, 0.3) is 22.2 Å². The minimum Gasteiger partial charge on any atom is -0.370 e. The number of hydrogen-bond acceptors (Lipinski definition) is 6. The molecule has 1 N–H and O–H groups in total. The molecule has 0 aliphatic heterocycles. The molecule has 0 saturated carbocycles. The molecular weight excluding hydrogens is 539 g/mol. The van der Waals surface area contributed by atoms with Gasteiger partial charge in [-0.3, -0.25) is 4.98 Å². The molecule has 4 aromatic rings. The Morgan fingerprint density at radius 1 is 0.952 bits per heavy atom. The number of alkyl halides is 3. The molecule has 0 unspecified atom stereocenters. The van der Waals surface area contributed by atoms with E-state index in [0.717, 1.165) is 37.8 Å². The van der Waals surface area contributed by atoms with Crippen LogP contribution in [0.4, 0.5) is 24.7 Å². The topological polar surface area (TPSA) is 63.2 Å². The molecule has 42 heavy (non-hydrogen) atoms. The zero-order chi connectivity index (χ0) is 30.5. The van der Waals surface area contributed by atoms with Gasteiger partial charge < -0.3 is 15.0 Å². The molecule has 2 aromatic carbocycles. The van der Waals surface area contributed by atoms with Gasteiger partial charge in [0, 0.05) is 29.4 Å². The minimum absolute atomic E-state index is 0.0135. The number of nitrogens with zero attached hydrogens (tertiary/aromatic N) is 4. The summed E-state index contributed by atoms with van der Waals surface area (Å²) in [6.45, 7) is 15.9. The molecule has 224 valence electrons. The Kier molecular flexibility index (Phi) is 9.84. The van der Waals surface area contributed by atoms with E-state index in [-0.39, 0.29) is 23.8 Å². The second-order valence-corrected chi connectivity index (χ2v) is 11.5. The van der Waals surface area contributed by atoms with Crippen molar-refractivity contribution in [1.29, 1.82) is 0 Å². The van der Waals surface area contributed by atoms with Crippen molar-refractivity contribution in [2.24, 2.45) is 0 Å². The van der Waals surface area contributed by atoms with Crippen molar-refractivity contribution in [3.63, 3.8) is 0 Å². The fourth-order valence-electron chi connectivity index (χ4n) is 4.74. The van der Waals surface area contributed by atoms with Crippen LogP contribution in [0.3, 0.4) is 0 Å². The van der Waals surface area contributed by atoms with Crippen LogP contribution in [-0.4, -0.2) is 45.6 Å². The van der Waals surface area contributed by atoms with Gasteiger partial charge in [0.25, 0.3) is 0 Å². The largest absolute Gasteiger partial charge is 0.418 e. The first-order valence-corrected chi connectivity index (χ1v) is 14.4. The second-order valence-electron chi connectivity index (χ2n) is 11.5. The molecule has 0 spiro atoms. The number of aromatic nitrogens is 3.